The molecule has 1 aromatic carbocycles. The van der Waals surface area contributed by atoms with Gasteiger partial charge in [0.1, 0.15) is 5.69 Å². The van der Waals surface area contributed by atoms with Crippen LogP contribution < -0.4 is 9.47 Å². The molecule has 1 aliphatic heterocycles. The molecule has 2 aromatic rings. The number of benzene rings is 1. The number of esters is 1. The molecule has 0 N–H and O–H groups in total. The van der Waals surface area contributed by atoms with Gasteiger partial charge in [-0.15, -0.1) is 0 Å². The molecule has 140 valence electrons. The van der Waals surface area contributed by atoms with E-state index in [-0.39, 0.29) is 29.7 Å². The average Bonchev–Trinajstić information content (AvgIpc) is 2.98. The molecule has 0 amide bonds. The van der Waals surface area contributed by atoms with E-state index in [1.807, 2.05) is 0 Å². The summed E-state index contributed by atoms with van der Waals surface area (Å²) in [5.41, 5.74) is 0.836. The van der Waals surface area contributed by atoms with Gasteiger partial charge in [-0.05, 0) is 42.8 Å². The number of nitrogens with zero attached hydrogens (tertiary/aromatic N) is 2. The predicted molar refractivity (Wildman–Crippen MR) is 94.1 cm³/mol. The number of aliphatic imine (C=N–C) groups is 1. The van der Waals surface area contributed by atoms with Crippen LogP contribution in [0.2, 0.25) is 5.02 Å². The lowest BCUT2D eigenvalue weighted by molar-refractivity contribution is -0.129. The Morgan fingerprint density at radius 3 is 2.78 bits per heavy atom. The highest BCUT2D eigenvalue weighted by atomic mass is 35.5. The second kappa shape index (κ2) is 8.13. The van der Waals surface area contributed by atoms with Crippen molar-refractivity contribution in [1.82, 2.24) is 4.98 Å². The number of hydrogen-bond donors (Lipinski definition) is 0. The molecule has 0 fully saturated rings. The van der Waals surface area contributed by atoms with Gasteiger partial charge in [0.15, 0.2) is 17.2 Å². The summed E-state index contributed by atoms with van der Waals surface area (Å²) in [7, 11) is 0. The van der Waals surface area contributed by atoms with E-state index < -0.39 is 12.6 Å². The van der Waals surface area contributed by atoms with Gasteiger partial charge >= 0.3 is 12.6 Å². The molecule has 0 radical (unpaired) electrons. The Morgan fingerprint density at radius 1 is 1.26 bits per heavy atom. The number of alkyl halides is 2. The molecule has 1 aromatic heterocycles. The van der Waals surface area contributed by atoms with Crippen molar-refractivity contribution in [2.24, 2.45) is 4.99 Å². The number of aromatic nitrogens is 1. The Kier molecular flexibility index (Phi) is 5.66. The van der Waals surface area contributed by atoms with Gasteiger partial charge in [0.05, 0.1) is 6.61 Å². The molecule has 0 saturated carbocycles. The van der Waals surface area contributed by atoms with Crippen LogP contribution in [0, 0.1) is 0 Å². The van der Waals surface area contributed by atoms with Crippen molar-refractivity contribution in [2.75, 3.05) is 6.61 Å². The average molecular weight is 395 g/mol. The van der Waals surface area contributed by atoms with Crippen molar-refractivity contribution < 1.29 is 27.8 Å². The molecule has 0 atom stereocenters. The summed E-state index contributed by atoms with van der Waals surface area (Å²) in [5, 5.41) is 0.423. The zero-order valence-corrected chi connectivity index (χ0v) is 14.7. The molecule has 27 heavy (non-hydrogen) atoms. The first kappa shape index (κ1) is 18.8. The highest BCUT2D eigenvalue weighted by molar-refractivity contribution is 6.31. The van der Waals surface area contributed by atoms with Crippen LogP contribution in [-0.2, 0) is 9.53 Å². The topological polar surface area (TPSA) is 70.0 Å². The van der Waals surface area contributed by atoms with Crippen molar-refractivity contribution in [3.05, 3.63) is 58.5 Å². The van der Waals surface area contributed by atoms with Gasteiger partial charge in [0.25, 0.3) is 0 Å². The summed E-state index contributed by atoms with van der Waals surface area (Å²) in [6, 6.07) is 7.38. The van der Waals surface area contributed by atoms with Crippen LogP contribution in [0.5, 0.6) is 11.5 Å². The lowest BCUT2D eigenvalue weighted by Crippen LogP contribution is -2.07. The van der Waals surface area contributed by atoms with E-state index in [0.717, 1.165) is 0 Å². The van der Waals surface area contributed by atoms with Gasteiger partial charge in [0, 0.05) is 11.2 Å². The third-order valence-corrected chi connectivity index (χ3v) is 3.58. The number of pyridine rings is 1. The number of halogens is 3. The molecule has 9 heteroatoms. The SMILES string of the molecule is CCOc1cc(/C=C2\N=C(c3cc(Cl)ccn3)OC2=O)ccc1OC(F)F. The van der Waals surface area contributed by atoms with Crippen molar-refractivity contribution >= 4 is 29.5 Å². The predicted octanol–water partition coefficient (Wildman–Crippen LogP) is 4.08. The Labute approximate surface area is 158 Å². The lowest BCUT2D eigenvalue weighted by atomic mass is 10.1. The van der Waals surface area contributed by atoms with Crippen molar-refractivity contribution in [1.29, 1.82) is 0 Å². The smallest absolute Gasteiger partial charge is 0.387 e. The summed E-state index contributed by atoms with van der Waals surface area (Å²) >= 11 is 5.89. The Morgan fingerprint density at radius 2 is 2.07 bits per heavy atom. The number of ether oxygens (including phenoxy) is 3. The van der Waals surface area contributed by atoms with Gasteiger partial charge in [-0.1, -0.05) is 17.7 Å². The summed E-state index contributed by atoms with van der Waals surface area (Å²) < 4.78 is 39.8. The van der Waals surface area contributed by atoms with E-state index in [1.54, 1.807) is 13.0 Å². The minimum absolute atomic E-state index is 0.0245. The summed E-state index contributed by atoms with van der Waals surface area (Å²) in [6.07, 6.45) is 2.90. The van der Waals surface area contributed by atoms with E-state index >= 15 is 0 Å². The monoisotopic (exact) mass is 394 g/mol. The largest absolute Gasteiger partial charge is 0.490 e. The summed E-state index contributed by atoms with van der Waals surface area (Å²) in [4.78, 5) is 20.2. The van der Waals surface area contributed by atoms with E-state index in [4.69, 9.17) is 21.1 Å². The number of carbonyl (C=O) groups is 1. The molecule has 0 saturated heterocycles. The second-order valence-corrected chi connectivity index (χ2v) is 5.65. The maximum absolute atomic E-state index is 12.5. The maximum Gasteiger partial charge on any atom is 0.387 e. The number of cyclic esters (lactones) is 1. The number of carbonyl (C=O) groups excluding carboxylic acids is 1. The molecule has 2 heterocycles. The van der Waals surface area contributed by atoms with E-state index in [1.165, 1.54) is 36.5 Å². The summed E-state index contributed by atoms with van der Waals surface area (Å²) in [5.74, 6) is -0.622. The van der Waals surface area contributed by atoms with E-state index in [9.17, 15) is 13.6 Å². The van der Waals surface area contributed by atoms with Crippen LogP contribution in [0.4, 0.5) is 8.78 Å². The van der Waals surface area contributed by atoms with Gasteiger partial charge < -0.3 is 14.2 Å². The highest BCUT2D eigenvalue weighted by Gasteiger charge is 2.25. The fraction of sp³-hybridized carbons (Fsp3) is 0.167. The van der Waals surface area contributed by atoms with Gasteiger partial charge in [-0.25, -0.2) is 9.79 Å². The molecular weight excluding hydrogens is 382 g/mol. The van der Waals surface area contributed by atoms with Crippen LogP contribution in [-0.4, -0.2) is 30.1 Å². The maximum atomic E-state index is 12.5. The van der Waals surface area contributed by atoms with Crippen LogP contribution in [0.25, 0.3) is 6.08 Å². The van der Waals surface area contributed by atoms with Crippen LogP contribution in [0.1, 0.15) is 18.2 Å². The van der Waals surface area contributed by atoms with Crippen molar-refractivity contribution in [2.45, 2.75) is 13.5 Å². The minimum atomic E-state index is -2.98. The second-order valence-electron chi connectivity index (χ2n) is 5.21. The van der Waals surface area contributed by atoms with Gasteiger partial charge in [0.2, 0.25) is 5.90 Å². The van der Waals surface area contributed by atoms with Crippen LogP contribution in [0.15, 0.2) is 47.2 Å². The minimum Gasteiger partial charge on any atom is -0.490 e. The van der Waals surface area contributed by atoms with Crippen LogP contribution in [0.3, 0.4) is 0 Å². The van der Waals surface area contributed by atoms with E-state index in [2.05, 4.69) is 14.7 Å². The normalized spacial score (nSPS) is 15.1. The molecule has 0 bridgehead atoms. The molecular formula is C18H13ClF2N2O4. The first-order chi connectivity index (χ1) is 13.0. The molecule has 6 nitrogen and oxygen atoms in total. The van der Waals surface area contributed by atoms with E-state index in [0.29, 0.717) is 16.3 Å². The zero-order chi connectivity index (χ0) is 19.4. The van der Waals surface area contributed by atoms with Crippen molar-refractivity contribution in [3.63, 3.8) is 0 Å². The van der Waals surface area contributed by atoms with Gasteiger partial charge in [-0.3, -0.25) is 4.98 Å². The molecule has 0 aliphatic carbocycles. The molecule has 0 unspecified atom stereocenters. The number of rotatable bonds is 6. The van der Waals surface area contributed by atoms with Crippen molar-refractivity contribution in [3.8, 4) is 11.5 Å². The zero-order valence-electron chi connectivity index (χ0n) is 14.0. The standard InChI is InChI=1S/C18H13ClF2N2O4/c1-2-25-15-8-10(3-4-14(15)26-18(20)21)7-13-17(24)27-16(23-13)12-9-11(19)5-6-22-12/h3-9,18H,2H2,1H3/b13-7-. The van der Waals surface area contributed by atoms with Gasteiger partial charge in [-0.2, -0.15) is 8.78 Å². The Hall–Kier alpha value is -3.00. The lowest BCUT2D eigenvalue weighted by Gasteiger charge is -2.11. The molecule has 1 aliphatic rings. The highest BCUT2D eigenvalue weighted by Crippen LogP contribution is 2.31. The quantitative estimate of drug-likeness (QED) is 0.545. The summed E-state index contributed by atoms with van der Waals surface area (Å²) in [6.45, 7) is -1.01. The first-order valence-electron chi connectivity index (χ1n) is 7.82. The fourth-order valence-electron chi connectivity index (χ4n) is 2.27. The third kappa shape index (κ3) is 4.59. The third-order valence-electron chi connectivity index (χ3n) is 3.35. The Bertz CT molecular complexity index is 931. The molecule has 3 rings (SSSR count). The Balaban J connectivity index is 1.91. The number of hydrogen-bond acceptors (Lipinski definition) is 6. The fourth-order valence-corrected chi connectivity index (χ4v) is 2.43. The molecule has 0 spiro atoms. The first-order valence-corrected chi connectivity index (χ1v) is 8.20. The van der Waals surface area contributed by atoms with Crippen LogP contribution >= 0.6 is 11.6 Å².